The van der Waals surface area contributed by atoms with Crippen molar-refractivity contribution < 1.29 is 19.2 Å². The third-order valence-electron chi connectivity index (χ3n) is 5.15. The van der Waals surface area contributed by atoms with Crippen LogP contribution < -0.4 is 4.74 Å². The predicted molar refractivity (Wildman–Crippen MR) is 93.6 cm³/mol. The molecule has 0 bridgehead atoms. The van der Waals surface area contributed by atoms with Crippen molar-refractivity contribution in [2.24, 2.45) is 0 Å². The zero-order valence-electron chi connectivity index (χ0n) is 14.3. The molecule has 0 aromatic heterocycles. The van der Waals surface area contributed by atoms with Crippen molar-refractivity contribution in [1.82, 2.24) is 0 Å². The summed E-state index contributed by atoms with van der Waals surface area (Å²) in [5.74, 6) is -1.25. The number of hydrogen-bond donors (Lipinski definition) is 0. The maximum Gasteiger partial charge on any atom is 0.391 e. The Labute approximate surface area is 150 Å². The minimum atomic E-state index is -1.80. The highest BCUT2D eigenvalue weighted by Crippen LogP contribution is 2.59. The standard InChI is InChI=1S/C20H17NO5/c1-12-7-9-13(10-8-12)17-15(19(22)25-2)11-20(21(23)24)18(17)14-5-3-4-6-16(14)26-20/h3-11,17-18H,1-2H3/t17-,18+,20-/m1/s1. The number of aryl methyl sites for hydroxylation is 1. The zero-order chi connectivity index (χ0) is 18.5. The largest absolute Gasteiger partial charge is 0.466 e. The molecule has 0 radical (unpaired) electrons. The van der Waals surface area contributed by atoms with E-state index in [0.29, 0.717) is 5.75 Å². The fourth-order valence-electron chi connectivity index (χ4n) is 3.98. The van der Waals surface area contributed by atoms with Crippen LogP contribution in [0.5, 0.6) is 5.75 Å². The van der Waals surface area contributed by atoms with E-state index in [-0.39, 0.29) is 5.57 Å². The van der Waals surface area contributed by atoms with E-state index in [1.165, 1.54) is 13.2 Å². The summed E-state index contributed by atoms with van der Waals surface area (Å²) in [5, 5.41) is 12.0. The monoisotopic (exact) mass is 351 g/mol. The summed E-state index contributed by atoms with van der Waals surface area (Å²) in [5.41, 5.74) is 1.07. The average molecular weight is 351 g/mol. The van der Waals surface area contributed by atoms with Gasteiger partial charge in [0.2, 0.25) is 0 Å². The van der Waals surface area contributed by atoms with Crippen molar-refractivity contribution in [3.63, 3.8) is 0 Å². The Balaban J connectivity index is 1.95. The van der Waals surface area contributed by atoms with Gasteiger partial charge in [-0.3, -0.25) is 10.1 Å². The van der Waals surface area contributed by atoms with E-state index in [1.54, 1.807) is 12.1 Å². The maximum atomic E-state index is 12.4. The van der Waals surface area contributed by atoms with Gasteiger partial charge in [0.15, 0.2) is 0 Å². The molecule has 6 nitrogen and oxygen atoms in total. The minimum absolute atomic E-state index is 0.257. The number of nitro groups is 1. The van der Waals surface area contributed by atoms with Crippen molar-refractivity contribution in [2.45, 2.75) is 24.5 Å². The Morgan fingerprint density at radius 2 is 1.88 bits per heavy atom. The molecule has 3 atom stereocenters. The zero-order valence-corrected chi connectivity index (χ0v) is 14.3. The van der Waals surface area contributed by atoms with Gasteiger partial charge in [0.1, 0.15) is 11.7 Å². The molecule has 2 aromatic carbocycles. The molecule has 1 heterocycles. The van der Waals surface area contributed by atoms with Gasteiger partial charge in [-0.2, -0.15) is 0 Å². The number of fused-ring (bicyclic) bond motifs is 3. The van der Waals surface area contributed by atoms with Crippen LogP contribution in [0.15, 0.2) is 60.2 Å². The van der Waals surface area contributed by atoms with Crippen LogP contribution in [-0.4, -0.2) is 23.7 Å². The minimum Gasteiger partial charge on any atom is -0.466 e. The summed E-state index contributed by atoms with van der Waals surface area (Å²) >= 11 is 0. The summed E-state index contributed by atoms with van der Waals surface area (Å²) < 4.78 is 10.7. The first kappa shape index (κ1) is 16.3. The quantitative estimate of drug-likeness (QED) is 0.481. The fourth-order valence-corrected chi connectivity index (χ4v) is 3.98. The van der Waals surface area contributed by atoms with Gasteiger partial charge in [-0.25, -0.2) is 4.79 Å². The first-order chi connectivity index (χ1) is 12.5. The number of ether oxygens (including phenoxy) is 2. The molecular weight excluding hydrogens is 334 g/mol. The molecule has 0 saturated carbocycles. The highest BCUT2D eigenvalue weighted by atomic mass is 16.7. The molecule has 4 rings (SSSR count). The maximum absolute atomic E-state index is 12.4. The van der Waals surface area contributed by atoms with Crippen molar-refractivity contribution >= 4 is 5.97 Å². The van der Waals surface area contributed by atoms with E-state index in [1.807, 2.05) is 43.3 Å². The Bertz CT molecular complexity index is 933. The van der Waals surface area contributed by atoms with Gasteiger partial charge in [0, 0.05) is 17.6 Å². The molecule has 132 valence electrons. The molecule has 1 aliphatic carbocycles. The summed E-state index contributed by atoms with van der Waals surface area (Å²) in [7, 11) is 1.27. The number of nitrogens with zero attached hydrogens (tertiary/aromatic N) is 1. The molecule has 2 aromatic rings. The third kappa shape index (κ3) is 2.15. The lowest BCUT2D eigenvalue weighted by molar-refractivity contribution is -0.599. The second-order valence-corrected chi connectivity index (χ2v) is 6.61. The van der Waals surface area contributed by atoms with Crippen LogP contribution in [0.1, 0.15) is 28.5 Å². The van der Waals surface area contributed by atoms with E-state index < -0.39 is 28.5 Å². The lowest BCUT2D eigenvalue weighted by Gasteiger charge is -2.23. The second-order valence-electron chi connectivity index (χ2n) is 6.61. The van der Waals surface area contributed by atoms with Gasteiger partial charge in [0.25, 0.3) is 0 Å². The van der Waals surface area contributed by atoms with Crippen LogP contribution in [0, 0.1) is 17.0 Å². The average Bonchev–Trinajstić information content (AvgIpc) is 3.14. The number of para-hydroxylation sites is 1. The lowest BCUT2D eigenvalue weighted by atomic mass is 9.79. The Hall–Kier alpha value is -3.15. The topological polar surface area (TPSA) is 78.7 Å². The lowest BCUT2D eigenvalue weighted by Crippen LogP contribution is -2.43. The van der Waals surface area contributed by atoms with Crippen LogP contribution in [0.25, 0.3) is 0 Å². The highest BCUT2D eigenvalue weighted by molar-refractivity contribution is 5.92. The summed E-state index contributed by atoms with van der Waals surface area (Å²) in [6, 6.07) is 14.8. The highest BCUT2D eigenvalue weighted by Gasteiger charge is 2.66. The fraction of sp³-hybridized carbons (Fsp3) is 0.250. The third-order valence-corrected chi connectivity index (χ3v) is 5.15. The van der Waals surface area contributed by atoms with Gasteiger partial charge in [-0.05, 0) is 18.6 Å². The van der Waals surface area contributed by atoms with E-state index in [9.17, 15) is 14.9 Å². The number of methoxy groups -OCH3 is 1. The number of carbonyl (C=O) groups is 1. The number of benzene rings is 2. The normalized spacial score (nSPS) is 25.7. The van der Waals surface area contributed by atoms with Crippen LogP contribution in [0.2, 0.25) is 0 Å². The second kappa shape index (κ2) is 5.69. The number of hydrogen-bond acceptors (Lipinski definition) is 5. The molecule has 2 aliphatic rings. The van der Waals surface area contributed by atoms with Crippen molar-refractivity contribution in [3.8, 4) is 5.75 Å². The number of rotatable bonds is 3. The van der Waals surface area contributed by atoms with Crippen LogP contribution in [0.4, 0.5) is 0 Å². The first-order valence-electron chi connectivity index (χ1n) is 8.28. The molecule has 0 N–H and O–H groups in total. The van der Waals surface area contributed by atoms with E-state index in [0.717, 1.165) is 16.7 Å². The molecule has 0 unspecified atom stereocenters. The van der Waals surface area contributed by atoms with Crippen molar-refractivity contribution in [2.75, 3.05) is 7.11 Å². The Kier molecular flexibility index (Phi) is 3.57. The van der Waals surface area contributed by atoms with Crippen molar-refractivity contribution in [3.05, 3.63) is 87.0 Å². The summed E-state index contributed by atoms with van der Waals surface area (Å²) in [6.07, 6.45) is 1.33. The first-order valence-corrected chi connectivity index (χ1v) is 8.28. The van der Waals surface area contributed by atoms with Crippen molar-refractivity contribution in [1.29, 1.82) is 0 Å². The van der Waals surface area contributed by atoms with Gasteiger partial charge < -0.3 is 9.47 Å². The van der Waals surface area contributed by atoms with E-state index >= 15 is 0 Å². The molecule has 1 aliphatic heterocycles. The van der Waals surface area contributed by atoms with Gasteiger partial charge >= 0.3 is 11.7 Å². The van der Waals surface area contributed by atoms with Crippen LogP contribution in [-0.2, 0) is 9.53 Å². The Morgan fingerprint density at radius 1 is 1.19 bits per heavy atom. The molecule has 0 saturated heterocycles. The number of carbonyl (C=O) groups excluding carboxylic acids is 1. The Morgan fingerprint density at radius 3 is 2.54 bits per heavy atom. The predicted octanol–water partition coefficient (Wildman–Crippen LogP) is 3.34. The van der Waals surface area contributed by atoms with Gasteiger partial charge in [-0.1, -0.05) is 48.0 Å². The molecule has 6 heteroatoms. The molecular formula is C20H17NO5. The molecule has 0 fully saturated rings. The summed E-state index contributed by atoms with van der Waals surface area (Å²) in [6.45, 7) is 1.96. The summed E-state index contributed by atoms with van der Waals surface area (Å²) in [4.78, 5) is 24.0. The number of esters is 1. The molecule has 0 spiro atoms. The van der Waals surface area contributed by atoms with E-state index in [4.69, 9.17) is 9.47 Å². The molecule has 0 amide bonds. The SMILES string of the molecule is COC(=O)C1=C[C@@]2([N+](=O)[O-])Oc3ccccc3[C@H]2[C@@H]1c1ccc(C)cc1. The molecule has 26 heavy (non-hydrogen) atoms. The van der Waals surface area contributed by atoms with Crippen LogP contribution in [0.3, 0.4) is 0 Å². The van der Waals surface area contributed by atoms with E-state index in [2.05, 4.69) is 0 Å². The smallest absolute Gasteiger partial charge is 0.391 e. The van der Waals surface area contributed by atoms with Crippen LogP contribution >= 0.6 is 0 Å². The van der Waals surface area contributed by atoms with Gasteiger partial charge in [-0.15, -0.1) is 0 Å². The van der Waals surface area contributed by atoms with Gasteiger partial charge in [0.05, 0.1) is 17.6 Å².